The number of rotatable bonds is 6. The monoisotopic (exact) mass is 223 g/mol. The summed E-state index contributed by atoms with van der Waals surface area (Å²) in [5.41, 5.74) is 1.17. The first-order chi connectivity index (χ1) is 7.63. The number of benzene rings is 1. The summed E-state index contributed by atoms with van der Waals surface area (Å²) in [6, 6.07) is 7.61. The highest BCUT2D eigenvalue weighted by atomic mass is 16.5. The van der Waals surface area contributed by atoms with Crippen LogP contribution in [0.15, 0.2) is 24.3 Å². The SMILES string of the molecule is CNCc1ccc(OCC(C)C(=O)O)cc1. The Labute approximate surface area is 95.2 Å². The molecule has 0 aliphatic carbocycles. The van der Waals surface area contributed by atoms with Crippen molar-refractivity contribution in [1.29, 1.82) is 0 Å². The zero-order chi connectivity index (χ0) is 12.0. The van der Waals surface area contributed by atoms with Crippen LogP contribution in [0.5, 0.6) is 5.75 Å². The molecule has 4 heteroatoms. The Morgan fingerprint density at radius 2 is 2.06 bits per heavy atom. The third kappa shape index (κ3) is 3.90. The molecule has 0 spiro atoms. The molecule has 1 aromatic carbocycles. The van der Waals surface area contributed by atoms with Gasteiger partial charge in [0.25, 0.3) is 0 Å². The Balaban J connectivity index is 2.46. The molecule has 0 amide bonds. The second-order valence-electron chi connectivity index (χ2n) is 3.72. The zero-order valence-corrected chi connectivity index (χ0v) is 9.56. The van der Waals surface area contributed by atoms with Crippen LogP contribution in [0.2, 0.25) is 0 Å². The number of carbonyl (C=O) groups is 1. The summed E-state index contributed by atoms with van der Waals surface area (Å²) in [5, 5.41) is 11.7. The highest BCUT2D eigenvalue weighted by Gasteiger charge is 2.11. The minimum Gasteiger partial charge on any atom is -0.493 e. The standard InChI is InChI=1S/C12H17NO3/c1-9(12(14)15)8-16-11-5-3-10(4-6-11)7-13-2/h3-6,9,13H,7-8H2,1-2H3,(H,14,15). The Morgan fingerprint density at radius 1 is 1.44 bits per heavy atom. The summed E-state index contributed by atoms with van der Waals surface area (Å²) in [4.78, 5) is 10.6. The molecule has 0 aliphatic rings. The molecule has 16 heavy (non-hydrogen) atoms. The van der Waals surface area contributed by atoms with Crippen LogP contribution in [-0.4, -0.2) is 24.7 Å². The smallest absolute Gasteiger partial charge is 0.309 e. The van der Waals surface area contributed by atoms with Gasteiger partial charge in [-0.1, -0.05) is 12.1 Å². The minimum atomic E-state index is -0.841. The lowest BCUT2D eigenvalue weighted by Gasteiger charge is -2.09. The molecular weight excluding hydrogens is 206 g/mol. The van der Waals surface area contributed by atoms with E-state index >= 15 is 0 Å². The van der Waals surface area contributed by atoms with Crippen molar-refractivity contribution in [2.24, 2.45) is 5.92 Å². The van der Waals surface area contributed by atoms with Crippen LogP contribution in [0.3, 0.4) is 0 Å². The van der Waals surface area contributed by atoms with Crippen molar-refractivity contribution in [3.63, 3.8) is 0 Å². The van der Waals surface area contributed by atoms with E-state index in [1.807, 2.05) is 31.3 Å². The molecule has 4 nitrogen and oxygen atoms in total. The third-order valence-corrected chi connectivity index (χ3v) is 2.23. The number of ether oxygens (including phenoxy) is 1. The Hall–Kier alpha value is -1.55. The Bertz CT molecular complexity index is 335. The van der Waals surface area contributed by atoms with Crippen molar-refractivity contribution < 1.29 is 14.6 Å². The van der Waals surface area contributed by atoms with Gasteiger partial charge in [-0.3, -0.25) is 4.79 Å². The molecule has 1 aromatic rings. The average Bonchev–Trinajstić information content (AvgIpc) is 2.28. The maximum absolute atomic E-state index is 10.6. The van der Waals surface area contributed by atoms with Crippen LogP contribution in [0.25, 0.3) is 0 Å². The Kier molecular flexibility index (Phi) is 4.79. The van der Waals surface area contributed by atoms with E-state index in [2.05, 4.69) is 5.32 Å². The number of carboxylic acid groups (broad SMARTS) is 1. The highest BCUT2D eigenvalue weighted by molar-refractivity contribution is 5.69. The molecule has 1 unspecified atom stereocenters. The second kappa shape index (κ2) is 6.12. The van der Waals surface area contributed by atoms with Gasteiger partial charge in [0.2, 0.25) is 0 Å². The average molecular weight is 223 g/mol. The molecule has 0 saturated heterocycles. The maximum Gasteiger partial charge on any atom is 0.309 e. The summed E-state index contributed by atoms with van der Waals surface area (Å²) in [6.45, 7) is 2.63. The van der Waals surface area contributed by atoms with Crippen molar-refractivity contribution in [2.45, 2.75) is 13.5 Å². The minimum absolute atomic E-state index is 0.195. The first kappa shape index (κ1) is 12.5. The van der Waals surface area contributed by atoms with Crippen LogP contribution >= 0.6 is 0 Å². The van der Waals surface area contributed by atoms with E-state index < -0.39 is 11.9 Å². The lowest BCUT2D eigenvalue weighted by atomic mass is 10.2. The molecule has 0 aliphatic heterocycles. The number of aliphatic carboxylic acids is 1. The predicted octanol–water partition coefficient (Wildman–Crippen LogP) is 1.51. The van der Waals surface area contributed by atoms with Crippen molar-refractivity contribution >= 4 is 5.97 Å². The van der Waals surface area contributed by atoms with Gasteiger partial charge in [-0.15, -0.1) is 0 Å². The van der Waals surface area contributed by atoms with Crippen LogP contribution in [0, 0.1) is 5.92 Å². The normalized spacial score (nSPS) is 12.1. The van der Waals surface area contributed by atoms with Gasteiger partial charge < -0.3 is 15.2 Å². The highest BCUT2D eigenvalue weighted by Crippen LogP contribution is 2.13. The maximum atomic E-state index is 10.6. The quantitative estimate of drug-likeness (QED) is 0.767. The lowest BCUT2D eigenvalue weighted by molar-refractivity contribution is -0.142. The van der Waals surface area contributed by atoms with E-state index in [0.29, 0.717) is 5.75 Å². The fraction of sp³-hybridized carbons (Fsp3) is 0.417. The summed E-state index contributed by atoms with van der Waals surface area (Å²) in [5.74, 6) is -0.628. The van der Waals surface area contributed by atoms with Crippen molar-refractivity contribution in [1.82, 2.24) is 5.32 Å². The van der Waals surface area contributed by atoms with Gasteiger partial charge >= 0.3 is 5.97 Å². The van der Waals surface area contributed by atoms with Gasteiger partial charge in [0.1, 0.15) is 12.4 Å². The van der Waals surface area contributed by atoms with Gasteiger partial charge in [-0.2, -0.15) is 0 Å². The van der Waals surface area contributed by atoms with E-state index in [1.165, 1.54) is 5.56 Å². The molecule has 1 atom stereocenters. The lowest BCUT2D eigenvalue weighted by Crippen LogP contribution is -2.17. The first-order valence-electron chi connectivity index (χ1n) is 5.22. The van der Waals surface area contributed by atoms with E-state index in [0.717, 1.165) is 6.54 Å². The molecule has 0 heterocycles. The van der Waals surface area contributed by atoms with Gasteiger partial charge in [0.15, 0.2) is 0 Å². The van der Waals surface area contributed by atoms with Gasteiger partial charge in [0.05, 0.1) is 5.92 Å². The van der Waals surface area contributed by atoms with Crippen molar-refractivity contribution in [3.05, 3.63) is 29.8 Å². The van der Waals surface area contributed by atoms with Crippen LogP contribution in [0.4, 0.5) is 0 Å². The predicted molar refractivity (Wildman–Crippen MR) is 61.5 cm³/mol. The van der Waals surface area contributed by atoms with Crippen LogP contribution in [-0.2, 0) is 11.3 Å². The summed E-state index contributed by atoms with van der Waals surface area (Å²) in [7, 11) is 1.89. The van der Waals surface area contributed by atoms with Crippen molar-refractivity contribution in [3.8, 4) is 5.75 Å². The first-order valence-corrected chi connectivity index (χ1v) is 5.22. The number of nitrogens with one attached hydrogen (secondary N) is 1. The third-order valence-electron chi connectivity index (χ3n) is 2.23. The molecule has 0 bridgehead atoms. The van der Waals surface area contributed by atoms with Crippen LogP contribution in [0.1, 0.15) is 12.5 Å². The van der Waals surface area contributed by atoms with E-state index in [1.54, 1.807) is 6.92 Å². The fourth-order valence-corrected chi connectivity index (χ4v) is 1.20. The molecule has 2 N–H and O–H groups in total. The summed E-state index contributed by atoms with van der Waals surface area (Å²) >= 11 is 0. The molecule has 0 aromatic heterocycles. The van der Waals surface area contributed by atoms with Crippen molar-refractivity contribution in [2.75, 3.05) is 13.7 Å². The Morgan fingerprint density at radius 3 is 2.56 bits per heavy atom. The number of hydrogen-bond donors (Lipinski definition) is 2. The molecule has 0 saturated carbocycles. The van der Waals surface area contributed by atoms with E-state index in [-0.39, 0.29) is 6.61 Å². The van der Waals surface area contributed by atoms with E-state index in [4.69, 9.17) is 9.84 Å². The molecule has 0 radical (unpaired) electrons. The molecule has 1 rings (SSSR count). The van der Waals surface area contributed by atoms with E-state index in [9.17, 15) is 4.79 Å². The van der Waals surface area contributed by atoms with Gasteiger partial charge in [-0.25, -0.2) is 0 Å². The summed E-state index contributed by atoms with van der Waals surface area (Å²) < 4.78 is 5.36. The summed E-state index contributed by atoms with van der Waals surface area (Å²) in [6.07, 6.45) is 0. The number of carboxylic acids is 1. The fourth-order valence-electron chi connectivity index (χ4n) is 1.20. The zero-order valence-electron chi connectivity index (χ0n) is 9.56. The molecular formula is C12H17NO3. The van der Waals surface area contributed by atoms with Crippen LogP contribution < -0.4 is 10.1 Å². The van der Waals surface area contributed by atoms with Gasteiger partial charge in [0, 0.05) is 6.54 Å². The van der Waals surface area contributed by atoms with Gasteiger partial charge in [-0.05, 0) is 31.7 Å². The molecule has 88 valence electrons. The molecule has 0 fully saturated rings. The largest absolute Gasteiger partial charge is 0.493 e. The topological polar surface area (TPSA) is 58.6 Å². The second-order valence-corrected chi connectivity index (χ2v) is 3.72. The number of hydrogen-bond acceptors (Lipinski definition) is 3.